The molecule has 0 unspecified atom stereocenters. The molecule has 0 spiro atoms. The lowest BCUT2D eigenvalue weighted by molar-refractivity contribution is -0.140. The Morgan fingerprint density at radius 2 is 1.95 bits per heavy atom. The molecule has 0 aliphatic heterocycles. The molecule has 0 saturated heterocycles. The fraction of sp³-hybridized carbons (Fsp3) is 0.615. The first-order valence-electron chi connectivity index (χ1n) is 6.49. The normalized spacial score (nSPS) is 10.4. The topological polar surface area (TPSA) is 76.1 Å². The van der Waals surface area contributed by atoms with Crippen molar-refractivity contribution in [3.63, 3.8) is 0 Å². The van der Waals surface area contributed by atoms with E-state index in [2.05, 4.69) is 39.2 Å². The van der Waals surface area contributed by atoms with E-state index in [-0.39, 0.29) is 11.9 Å². The molecule has 0 aromatic carbocycles. The molecule has 2 N–H and O–H groups in total. The molecule has 106 valence electrons. The van der Waals surface area contributed by atoms with Crippen molar-refractivity contribution in [1.29, 1.82) is 0 Å². The van der Waals surface area contributed by atoms with Gasteiger partial charge in [-0.2, -0.15) is 0 Å². The number of esters is 1. The molecule has 1 heterocycles. The van der Waals surface area contributed by atoms with Crippen molar-refractivity contribution in [2.45, 2.75) is 33.1 Å². The fourth-order valence-electron chi connectivity index (χ4n) is 1.78. The summed E-state index contributed by atoms with van der Waals surface area (Å²) < 4.78 is 4.60. The predicted octanol–water partition coefficient (Wildman–Crippen LogP) is 2.01. The Morgan fingerprint density at radius 3 is 2.47 bits per heavy atom. The van der Waals surface area contributed by atoms with E-state index in [9.17, 15) is 4.79 Å². The van der Waals surface area contributed by atoms with Crippen LogP contribution >= 0.6 is 0 Å². The van der Waals surface area contributed by atoms with Gasteiger partial charge < -0.3 is 15.4 Å². The van der Waals surface area contributed by atoms with Crippen molar-refractivity contribution in [3.8, 4) is 0 Å². The van der Waals surface area contributed by atoms with Crippen LogP contribution in [0.4, 0.5) is 11.6 Å². The summed E-state index contributed by atoms with van der Waals surface area (Å²) in [5.41, 5.74) is 1.04. The second kappa shape index (κ2) is 7.56. The number of carbonyl (C=O) groups is 1. The molecule has 0 amide bonds. The molecule has 0 bridgehead atoms. The number of carbonyl (C=O) groups excluding carboxylic acids is 1. The van der Waals surface area contributed by atoms with E-state index in [1.807, 2.05) is 6.92 Å². The van der Waals surface area contributed by atoms with Gasteiger partial charge in [-0.3, -0.25) is 4.79 Å². The van der Waals surface area contributed by atoms with Crippen LogP contribution in [-0.2, 0) is 9.53 Å². The van der Waals surface area contributed by atoms with Gasteiger partial charge in [0.05, 0.1) is 13.5 Å². The van der Waals surface area contributed by atoms with Gasteiger partial charge in [-0.1, -0.05) is 13.8 Å². The van der Waals surface area contributed by atoms with Crippen molar-refractivity contribution < 1.29 is 9.53 Å². The Labute approximate surface area is 114 Å². The molecular formula is C13H22N4O2. The summed E-state index contributed by atoms with van der Waals surface area (Å²) >= 11 is 0. The third-order valence-electron chi connectivity index (χ3n) is 2.65. The minimum Gasteiger partial charge on any atom is -0.469 e. The number of nitrogens with zero attached hydrogens (tertiary/aromatic N) is 2. The standard InChI is InChI=1S/C13H22N4O2/c1-5-14-12-11(9(2)3)13(17-8-16-12)15-7-6-10(18)19-4/h8-9H,5-7H2,1-4H3,(H2,14,15,16,17). The van der Waals surface area contributed by atoms with Gasteiger partial charge in [0.25, 0.3) is 0 Å². The second-order valence-corrected chi connectivity index (χ2v) is 4.42. The number of aromatic nitrogens is 2. The molecular weight excluding hydrogens is 244 g/mol. The van der Waals surface area contributed by atoms with Gasteiger partial charge in [-0.25, -0.2) is 9.97 Å². The zero-order valence-electron chi connectivity index (χ0n) is 12.0. The number of hydrogen-bond acceptors (Lipinski definition) is 6. The Hall–Kier alpha value is -1.85. The van der Waals surface area contributed by atoms with E-state index >= 15 is 0 Å². The maximum atomic E-state index is 11.1. The van der Waals surface area contributed by atoms with Gasteiger partial charge >= 0.3 is 5.97 Å². The van der Waals surface area contributed by atoms with Crippen LogP contribution in [0.1, 0.15) is 38.7 Å². The first-order valence-corrected chi connectivity index (χ1v) is 6.49. The van der Waals surface area contributed by atoms with Crippen molar-refractivity contribution in [1.82, 2.24) is 9.97 Å². The van der Waals surface area contributed by atoms with E-state index in [1.165, 1.54) is 13.4 Å². The van der Waals surface area contributed by atoms with E-state index in [4.69, 9.17) is 0 Å². The van der Waals surface area contributed by atoms with E-state index in [1.54, 1.807) is 0 Å². The summed E-state index contributed by atoms with van der Waals surface area (Å²) in [5, 5.41) is 6.39. The Bertz CT molecular complexity index is 421. The highest BCUT2D eigenvalue weighted by Gasteiger charge is 2.14. The Morgan fingerprint density at radius 1 is 1.32 bits per heavy atom. The monoisotopic (exact) mass is 266 g/mol. The molecule has 0 atom stereocenters. The van der Waals surface area contributed by atoms with E-state index in [0.29, 0.717) is 13.0 Å². The maximum Gasteiger partial charge on any atom is 0.307 e. The number of hydrogen-bond donors (Lipinski definition) is 2. The quantitative estimate of drug-likeness (QED) is 0.735. The first-order chi connectivity index (χ1) is 9.10. The van der Waals surface area contributed by atoms with E-state index < -0.39 is 0 Å². The second-order valence-electron chi connectivity index (χ2n) is 4.42. The summed E-state index contributed by atoms with van der Waals surface area (Å²) in [6.07, 6.45) is 1.83. The molecule has 6 nitrogen and oxygen atoms in total. The van der Waals surface area contributed by atoms with Crippen molar-refractivity contribution in [2.24, 2.45) is 0 Å². The van der Waals surface area contributed by atoms with Crippen LogP contribution in [0.3, 0.4) is 0 Å². The third kappa shape index (κ3) is 4.39. The lowest BCUT2D eigenvalue weighted by Crippen LogP contribution is -2.14. The summed E-state index contributed by atoms with van der Waals surface area (Å²) in [7, 11) is 1.38. The summed E-state index contributed by atoms with van der Waals surface area (Å²) in [4.78, 5) is 19.6. The Balaban J connectivity index is 2.81. The predicted molar refractivity (Wildman–Crippen MR) is 75.4 cm³/mol. The lowest BCUT2D eigenvalue weighted by atomic mass is 10.0. The molecule has 6 heteroatoms. The SMILES string of the molecule is CCNc1ncnc(NCCC(=O)OC)c1C(C)C. The molecule has 0 aliphatic rings. The highest BCUT2D eigenvalue weighted by Crippen LogP contribution is 2.28. The molecule has 0 saturated carbocycles. The van der Waals surface area contributed by atoms with Crippen molar-refractivity contribution in [3.05, 3.63) is 11.9 Å². The molecule has 1 rings (SSSR count). The Kier molecular flexibility index (Phi) is 6.05. The summed E-state index contributed by atoms with van der Waals surface area (Å²) in [6, 6.07) is 0. The number of anilines is 2. The van der Waals surface area contributed by atoms with Gasteiger partial charge in [0, 0.05) is 18.7 Å². The molecule has 0 radical (unpaired) electrons. The van der Waals surface area contributed by atoms with Gasteiger partial charge in [0.2, 0.25) is 0 Å². The van der Waals surface area contributed by atoms with Gasteiger partial charge in [-0.15, -0.1) is 0 Å². The van der Waals surface area contributed by atoms with Crippen LogP contribution in [-0.4, -0.2) is 36.1 Å². The number of rotatable bonds is 7. The van der Waals surface area contributed by atoms with Crippen LogP contribution < -0.4 is 10.6 Å². The zero-order chi connectivity index (χ0) is 14.3. The fourth-order valence-corrected chi connectivity index (χ4v) is 1.78. The van der Waals surface area contributed by atoms with Crippen molar-refractivity contribution >= 4 is 17.6 Å². The van der Waals surface area contributed by atoms with Crippen LogP contribution in [0.5, 0.6) is 0 Å². The highest BCUT2D eigenvalue weighted by atomic mass is 16.5. The summed E-state index contributed by atoms with van der Waals surface area (Å²) in [5.74, 6) is 1.66. The van der Waals surface area contributed by atoms with Crippen LogP contribution in [0.15, 0.2) is 6.33 Å². The van der Waals surface area contributed by atoms with E-state index in [0.717, 1.165) is 23.7 Å². The highest BCUT2D eigenvalue weighted by molar-refractivity contribution is 5.70. The van der Waals surface area contributed by atoms with Crippen molar-refractivity contribution in [2.75, 3.05) is 30.8 Å². The lowest BCUT2D eigenvalue weighted by Gasteiger charge is -2.17. The number of nitrogens with one attached hydrogen (secondary N) is 2. The summed E-state index contributed by atoms with van der Waals surface area (Å²) in [6.45, 7) is 7.50. The van der Waals surface area contributed by atoms with Gasteiger partial charge in [0.1, 0.15) is 18.0 Å². The molecule has 0 aliphatic carbocycles. The zero-order valence-corrected chi connectivity index (χ0v) is 12.0. The molecule has 19 heavy (non-hydrogen) atoms. The van der Waals surface area contributed by atoms with Crippen LogP contribution in [0, 0.1) is 0 Å². The molecule has 1 aromatic rings. The minimum atomic E-state index is -0.237. The smallest absolute Gasteiger partial charge is 0.307 e. The van der Waals surface area contributed by atoms with Crippen LogP contribution in [0.2, 0.25) is 0 Å². The molecule has 1 aromatic heterocycles. The average molecular weight is 266 g/mol. The molecule has 0 fully saturated rings. The largest absolute Gasteiger partial charge is 0.469 e. The maximum absolute atomic E-state index is 11.1. The number of ether oxygens (including phenoxy) is 1. The number of methoxy groups -OCH3 is 1. The minimum absolute atomic E-state index is 0.237. The van der Waals surface area contributed by atoms with Gasteiger partial charge in [-0.05, 0) is 12.8 Å². The first kappa shape index (κ1) is 15.2. The van der Waals surface area contributed by atoms with Crippen LogP contribution in [0.25, 0.3) is 0 Å². The van der Waals surface area contributed by atoms with Gasteiger partial charge in [0.15, 0.2) is 0 Å². The average Bonchev–Trinajstić information content (AvgIpc) is 2.38. The third-order valence-corrected chi connectivity index (χ3v) is 2.65.